The van der Waals surface area contributed by atoms with Crippen molar-refractivity contribution < 1.29 is 0 Å². The predicted octanol–water partition coefficient (Wildman–Crippen LogP) is 14.3. The minimum atomic E-state index is 0.371. The maximum atomic E-state index is 2.57. The molecule has 0 heteroatoms. The van der Waals surface area contributed by atoms with Crippen molar-refractivity contribution in [1.29, 1.82) is 0 Å². The summed E-state index contributed by atoms with van der Waals surface area (Å²) >= 11 is 0. The van der Waals surface area contributed by atoms with Crippen LogP contribution in [-0.2, 0) is 0 Å². The zero-order valence-corrected chi connectivity index (χ0v) is 35.5. The number of hydrogen-bond acceptors (Lipinski definition) is 0. The largest absolute Gasteiger partial charge is 0.0564 e. The number of allylic oxidation sites excluding steroid dienone is 8. The van der Waals surface area contributed by atoms with Gasteiger partial charge in [-0.25, -0.2) is 0 Å². The first-order valence-corrected chi connectivity index (χ1v) is 24.9. The molecule has 18 aliphatic rings. The van der Waals surface area contributed by atoms with E-state index in [4.69, 9.17) is 0 Å². The summed E-state index contributed by atoms with van der Waals surface area (Å²) in [6.07, 6.45) is 31.3. The summed E-state index contributed by atoms with van der Waals surface area (Å²) < 4.78 is 0. The van der Waals surface area contributed by atoms with Crippen LogP contribution in [0.1, 0.15) is 170 Å². The van der Waals surface area contributed by atoms with Gasteiger partial charge in [0.05, 0.1) is 0 Å². The maximum absolute atomic E-state index is 2.57. The van der Waals surface area contributed by atoms with E-state index in [0.717, 1.165) is 107 Å². The Labute approximate surface area is 330 Å². The zero-order valence-electron chi connectivity index (χ0n) is 35.5. The van der Waals surface area contributed by atoms with Crippen LogP contribution in [0.15, 0.2) is 44.6 Å². The molecular formula is C54H76. The standard InChI is InChI=1S/2C27H38/c2*1-27(2,3)26-24-20-10-14-4-15(11-20)7-18(6-14)22(24)23-19-8-16-5-17(9-19)13-21(12-16)25(23)26/h2*14-21,24H,4-13H2,1-3H3/t2*14-,15+,16-,17+,18?,19?,20?,21?,24-/m00/s1. The molecule has 18 atom stereocenters. The number of rotatable bonds is 0. The van der Waals surface area contributed by atoms with Crippen LogP contribution in [0.3, 0.4) is 0 Å². The third-order valence-corrected chi connectivity index (χ3v) is 20.8. The van der Waals surface area contributed by atoms with Gasteiger partial charge in [0.25, 0.3) is 0 Å². The lowest BCUT2D eigenvalue weighted by atomic mass is 9.63. The Bertz CT molecular complexity index is 1590. The summed E-state index contributed by atoms with van der Waals surface area (Å²) in [4.78, 5) is 0. The average Bonchev–Trinajstić information content (AvgIpc) is 3.40. The van der Waals surface area contributed by atoms with Gasteiger partial charge in [0.1, 0.15) is 0 Å². The van der Waals surface area contributed by atoms with Crippen LogP contribution in [0.4, 0.5) is 0 Å². The average molecular weight is 725 g/mol. The monoisotopic (exact) mass is 725 g/mol. The van der Waals surface area contributed by atoms with Crippen LogP contribution < -0.4 is 0 Å². The molecule has 0 aliphatic heterocycles. The molecule has 0 nitrogen and oxygen atoms in total. The number of hydrogen-bond donors (Lipinski definition) is 0. The summed E-state index contributed by atoms with van der Waals surface area (Å²) in [6, 6.07) is 0. The molecule has 18 aliphatic carbocycles. The highest BCUT2D eigenvalue weighted by molar-refractivity contribution is 5.58. The SMILES string of the molecule is CC(C)(C)C1=C2C(=C3C4C[C@@H]5CC(C[C@H](C4)C5)[C@@H]31)C1C[C@@H]3CC2C[C@H](C1)C3.CC(C)(C)C1=C2C(=C3C4C[C@@H]5CC(C[C@H](C4)C5)[C@@H]31)C1C[C@@H]3CC2C[C@H](C1)C3. The molecule has 0 radical (unpaired) electrons. The Balaban J connectivity index is 0.000000115. The minimum Gasteiger partial charge on any atom is -0.0564 e. The van der Waals surface area contributed by atoms with E-state index >= 15 is 0 Å². The molecule has 0 amide bonds. The van der Waals surface area contributed by atoms with E-state index < -0.39 is 0 Å². The van der Waals surface area contributed by atoms with Gasteiger partial charge < -0.3 is 0 Å². The lowest BCUT2D eigenvalue weighted by molar-refractivity contribution is 0.126. The minimum absolute atomic E-state index is 0.371. The summed E-state index contributed by atoms with van der Waals surface area (Å²) in [5, 5.41) is 0. The molecule has 0 aromatic heterocycles. The summed E-state index contributed by atoms with van der Waals surface area (Å²) in [6.45, 7) is 15.4. The lowest BCUT2D eigenvalue weighted by Crippen LogP contribution is -2.31. The molecular weight excluding hydrogens is 649 g/mol. The van der Waals surface area contributed by atoms with Crippen molar-refractivity contribution in [3.8, 4) is 0 Å². The van der Waals surface area contributed by atoms with Gasteiger partial charge in [0, 0.05) is 11.8 Å². The molecule has 0 spiro atoms. The fourth-order valence-corrected chi connectivity index (χ4v) is 20.5. The van der Waals surface area contributed by atoms with Crippen molar-refractivity contribution >= 4 is 0 Å². The van der Waals surface area contributed by atoms with E-state index in [2.05, 4.69) is 52.7 Å². The molecule has 16 bridgehead atoms. The zero-order chi connectivity index (χ0) is 36.2. The molecule has 54 heavy (non-hydrogen) atoms. The van der Waals surface area contributed by atoms with Crippen LogP contribution in [-0.4, -0.2) is 0 Å². The molecule has 18 rings (SSSR count). The highest BCUT2D eigenvalue weighted by atomic mass is 14.6. The molecule has 0 heterocycles. The molecule has 16 fully saturated rings. The van der Waals surface area contributed by atoms with E-state index in [0.29, 0.717) is 10.8 Å². The van der Waals surface area contributed by atoms with Crippen molar-refractivity contribution in [2.45, 2.75) is 170 Å². The van der Waals surface area contributed by atoms with Crippen LogP contribution in [0.2, 0.25) is 0 Å². The molecule has 0 N–H and O–H groups in total. The van der Waals surface area contributed by atoms with Gasteiger partial charge in [-0.2, -0.15) is 0 Å². The highest BCUT2D eigenvalue weighted by Crippen LogP contribution is 2.70. The van der Waals surface area contributed by atoms with Gasteiger partial charge in [-0.15, -0.1) is 0 Å². The third kappa shape index (κ3) is 4.79. The fourth-order valence-electron chi connectivity index (χ4n) is 20.5. The van der Waals surface area contributed by atoms with E-state index in [1.54, 1.807) is 128 Å². The first kappa shape index (κ1) is 33.9. The van der Waals surface area contributed by atoms with Gasteiger partial charge in [-0.05, 0) is 256 Å². The first-order valence-electron chi connectivity index (χ1n) is 24.9. The van der Waals surface area contributed by atoms with Crippen molar-refractivity contribution in [3.05, 3.63) is 44.6 Å². The van der Waals surface area contributed by atoms with Crippen molar-refractivity contribution in [1.82, 2.24) is 0 Å². The van der Waals surface area contributed by atoms with E-state index in [1.165, 1.54) is 0 Å². The molecule has 0 aromatic rings. The summed E-state index contributed by atoms with van der Waals surface area (Å²) in [7, 11) is 0. The highest BCUT2D eigenvalue weighted by Gasteiger charge is 2.59. The topological polar surface area (TPSA) is 0 Å². The van der Waals surface area contributed by atoms with Gasteiger partial charge in [-0.3, -0.25) is 0 Å². The fraction of sp³-hybridized carbons (Fsp3) is 0.852. The molecule has 0 saturated heterocycles. The quantitative estimate of drug-likeness (QED) is 0.233. The van der Waals surface area contributed by atoms with E-state index in [1.807, 2.05) is 33.4 Å². The predicted molar refractivity (Wildman–Crippen MR) is 222 cm³/mol. The normalized spacial score (nSPS) is 52.3. The Morgan fingerprint density at radius 3 is 0.796 bits per heavy atom. The summed E-state index contributed by atoms with van der Waals surface area (Å²) in [5.41, 5.74) is 17.0. The molecule has 292 valence electrons. The Hall–Kier alpha value is -1.04. The van der Waals surface area contributed by atoms with Crippen LogP contribution >= 0.6 is 0 Å². The smallest absolute Gasteiger partial charge is 0.00555 e. The summed E-state index contributed by atoms with van der Waals surface area (Å²) in [5.74, 6) is 18.1. The maximum Gasteiger partial charge on any atom is 0.00555 e. The second-order valence-electron chi connectivity index (χ2n) is 26.2. The first-order chi connectivity index (χ1) is 25.9. The van der Waals surface area contributed by atoms with Crippen LogP contribution in [0, 0.1) is 117 Å². The Morgan fingerprint density at radius 2 is 0.519 bits per heavy atom. The van der Waals surface area contributed by atoms with Crippen molar-refractivity contribution in [2.75, 3.05) is 0 Å². The Kier molecular flexibility index (Phi) is 7.13. The molecule has 0 aromatic carbocycles. The van der Waals surface area contributed by atoms with Gasteiger partial charge in [0.2, 0.25) is 0 Å². The van der Waals surface area contributed by atoms with Gasteiger partial charge in [0.15, 0.2) is 0 Å². The van der Waals surface area contributed by atoms with Gasteiger partial charge >= 0.3 is 0 Å². The lowest BCUT2D eigenvalue weighted by Gasteiger charge is -2.41. The van der Waals surface area contributed by atoms with Crippen LogP contribution in [0.25, 0.3) is 0 Å². The molecule has 16 saturated carbocycles. The van der Waals surface area contributed by atoms with Crippen molar-refractivity contribution in [3.63, 3.8) is 0 Å². The Morgan fingerprint density at radius 1 is 0.278 bits per heavy atom. The van der Waals surface area contributed by atoms with Crippen LogP contribution in [0.5, 0.6) is 0 Å². The third-order valence-electron chi connectivity index (χ3n) is 20.8. The second kappa shape index (κ2) is 11.4. The molecule has 8 unspecified atom stereocenters. The van der Waals surface area contributed by atoms with Gasteiger partial charge in [-0.1, -0.05) is 63.8 Å². The van der Waals surface area contributed by atoms with E-state index in [9.17, 15) is 0 Å². The second-order valence-corrected chi connectivity index (χ2v) is 26.2. The van der Waals surface area contributed by atoms with E-state index in [-0.39, 0.29) is 0 Å². The van der Waals surface area contributed by atoms with Crippen molar-refractivity contribution in [2.24, 2.45) is 117 Å².